The number of nitrogens with zero attached hydrogens (tertiary/aromatic N) is 1. The third kappa shape index (κ3) is 3.58. The molecule has 2 rings (SSSR count). The van der Waals surface area contributed by atoms with Gasteiger partial charge in [-0.15, -0.1) is 0 Å². The highest BCUT2D eigenvalue weighted by Crippen LogP contribution is 2.27. The largest absolute Gasteiger partial charge is 0.309 e. The zero-order valence-corrected chi connectivity index (χ0v) is 10.6. The number of rotatable bonds is 3. The van der Waals surface area contributed by atoms with E-state index in [1.165, 1.54) is 57.9 Å². The molecule has 1 unspecified atom stereocenters. The normalized spacial score (nSPS) is 30.7. The standard InChI is InChI=1S/C14H26N2/c1-12(13-7-3-2-4-8-13)16-11-14-9-5-6-10-15-14/h11-15H,2-10H2,1H3/t12-,14?/m1/s1. The van der Waals surface area contributed by atoms with Crippen molar-refractivity contribution in [3.8, 4) is 0 Å². The molecule has 1 heterocycles. The molecule has 2 atom stereocenters. The fraction of sp³-hybridized carbons (Fsp3) is 0.929. The third-order valence-corrected chi connectivity index (χ3v) is 4.18. The Morgan fingerprint density at radius 2 is 1.81 bits per heavy atom. The molecule has 1 saturated heterocycles. The van der Waals surface area contributed by atoms with Crippen molar-refractivity contribution in [1.29, 1.82) is 0 Å². The molecule has 92 valence electrons. The summed E-state index contributed by atoms with van der Waals surface area (Å²) in [5.41, 5.74) is 0. The lowest BCUT2D eigenvalue weighted by Crippen LogP contribution is -2.35. The van der Waals surface area contributed by atoms with E-state index in [1.807, 2.05) is 0 Å². The maximum atomic E-state index is 4.78. The van der Waals surface area contributed by atoms with Gasteiger partial charge in [-0.3, -0.25) is 4.99 Å². The van der Waals surface area contributed by atoms with Crippen molar-refractivity contribution in [3.63, 3.8) is 0 Å². The first kappa shape index (κ1) is 12.1. The average Bonchev–Trinajstić information content (AvgIpc) is 2.38. The molecule has 1 N–H and O–H groups in total. The first-order valence-corrected chi connectivity index (χ1v) is 7.13. The van der Waals surface area contributed by atoms with Gasteiger partial charge in [-0.25, -0.2) is 0 Å². The SMILES string of the molecule is C[C@@H](N=CC1CCCCN1)C1CCCCC1. The van der Waals surface area contributed by atoms with E-state index in [0.717, 1.165) is 5.92 Å². The van der Waals surface area contributed by atoms with Crippen LogP contribution in [0.25, 0.3) is 0 Å². The van der Waals surface area contributed by atoms with Gasteiger partial charge in [0.1, 0.15) is 0 Å². The Hall–Kier alpha value is -0.370. The van der Waals surface area contributed by atoms with Crippen molar-refractivity contribution in [2.75, 3.05) is 6.54 Å². The third-order valence-electron chi connectivity index (χ3n) is 4.18. The van der Waals surface area contributed by atoms with Crippen LogP contribution in [-0.2, 0) is 0 Å². The summed E-state index contributed by atoms with van der Waals surface area (Å²) in [6.07, 6.45) is 13.3. The van der Waals surface area contributed by atoms with Gasteiger partial charge in [-0.2, -0.15) is 0 Å². The lowest BCUT2D eigenvalue weighted by molar-refractivity contribution is 0.317. The van der Waals surface area contributed by atoms with Gasteiger partial charge in [0.25, 0.3) is 0 Å². The van der Waals surface area contributed by atoms with Crippen LogP contribution < -0.4 is 5.32 Å². The Bertz CT molecular complexity index is 213. The quantitative estimate of drug-likeness (QED) is 0.729. The molecular weight excluding hydrogens is 196 g/mol. The molecule has 16 heavy (non-hydrogen) atoms. The molecule has 2 heteroatoms. The molecule has 0 radical (unpaired) electrons. The second kappa shape index (κ2) is 6.39. The van der Waals surface area contributed by atoms with Gasteiger partial charge in [0.2, 0.25) is 0 Å². The van der Waals surface area contributed by atoms with E-state index in [4.69, 9.17) is 4.99 Å². The summed E-state index contributed by atoms with van der Waals surface area (Å²) in [5, 5.41) is 3.53. The summed E-state index contributed by atoms with van der Waals surface area (Å²) < 4.78 is 0. The van der Waals surface area contributed by atoms with E-state index in [-0.39, 0.29) is 0 Å². The highest BCUT2D eigenvalue weighted by atomic mass is 14.9. The summed E-state index contributed by atoms with van der Waals surface area (Å²) >= 11 is 0. The van der Waals surface area contributed by atoms with Gasteiger partial charge in [-0.1, -0.05) is 25.7 Å². The van der Waals surface area contributed by atoms with Crippen LogP contribution in [0, 0.1) is 5.92 Å². The number of aliphatic imine (C=N–C) groups is 1. The summed E-state index contributed by atoms with van der Waals surface area (Å²) in [4.78, 5) is 4.78. The zero-order chi connectivity index (χ0) is 11.2. The molecule has 0 aromatic carbocycles. The van der Waals surface area contributed by atoms with Gasteiger partial charge in [0, 0.05) is 18.3 Å². The average molecular weight is 222 g/mol. The summed E-state index contributed by atoms with van der Waals surface area (Å²) in [5.74, 6) is 0.855. The molecule has 1 aliphatic carbocycles. The van der Waals surface area contributed by atoms with Gasteiger partial charge in [0.15, 0.2) is 0 Å². The van der Waals surface area contributed by atoms with Crippen LogP contribution >= 0.6 is 0 Å². The zero-order valence-electron chi connectivity index (χ0n) is 10.6. The molecule has 0 amide bonds. The fourth-order valence-electron chi connectivity index (χ4n) is 2.98. The van der Waals surface area contributed by atoms with Crippen LogP contribution in [0.2, 0.25) is 0 Å². The molecule has 1 saturated carbocycles. The minimum Gasteiger partial charge on any atom is -0.309 e. The summed E-state index contributed by atoms with van der Waals surface area (Å²) in [6, 6.07) is 1.10. The van der Waals surface area contributed by atoms with Crippen molar-refractivity contribution < 1.29 is 0 Å². The van der Waals surface area contributed by atoms with Crippen LogP contribution in [-0.4, -0.2) is 24.8 Å². The number of hydrogen-bond donors (Lipinski definition) is 1. The monoisotopic (exact) mass is 222 g/mol. The van der Waals surface area contributed by atoms with Gasteiger partial charge < -0.3 is 5.32 Å². The second-order valence-electron chi connectivity index (χ2n) is 5.49. The van der Waals surface area contributed by atoms with Gasteiger partial charge in [0.05, 0.1) is 0 Å². The number of piperidine rings is 1. The summed E-state index contributed by atoms with van der Waals surface area (Å²) in [6.45, 7) is 3.48. The Morgan fingerprint density at radius 1 is 1.06 bits per heavy atom. The Labute approximate surface area is 99.9 Å². The fourth-order valence-corrected chi connectivity index (χ4v) is 2.98. The first-order chi connectivity index (χ1) is 7.86. The molecule has 2 fully saturated rings. The van der Waals surface area contributed by atoms with E-state index in [2.05, 4.69) is 18.5 Å². The number of hydrogen-bond acceptors (Lipinski definition) is 2. The van der Waals surface area contributed by atoms with Crippen LogP contribution in [0.15, 0.2) is 4.99 Å². The van der Waals surface area contributed by atoms with Crippen molar-refractivity contribution in [3.05, 3.63) is 0 Å². The van der Waals surface area contributed by atoms with E-state index in [1.54, 1.807) is 0 Å². The topological polar surface area (TPSA) is 24.4 Å². The molecule has 0 aromatic rings. The van der Waals surface area contributed by atoms with E-state index in [9.17, 15) is 0 Å². The molecular formula is C14H26N2. The Kier molecular flexibility index (Phi) is 4.83. The molecule has 0 bridgehead atoms. The van der Waals surface area contributed by atoms with Gasteiger partial charge >= 0.3 is 0 Å². The molecule has 2 nitrogen and oxygen atoms in total. The Balaban J connectivity index is 1.75. The van der Waals surface area contributed by atoms with E-state index >= 15 is 0 Å². The molecule has 0 aromatic heterocycles. The lowest BCUT2D eigenvalue weighted by atomic mass is 9.85. The predicted molar refractivity (Wildman–Crippen MR) is 70.2 cm³/mol. The first-order valence-electron chi connectivity index (χ1n) is 7.13. The Morgan fingerprint density at radius 3 is 2.50 bits per heavy atom. The minimum absolute atomic E-state index is 0.545. The highest BCUT2D eigenvalue weighted by Gasteiger charge is 2.19. The van der Waals surface area contributed by atoms with Crippen LogP contribution in [0.4, 0.5) is 0 Å². The number of nitrogens with one attached hydrogen (secondary N) is 1. The molecule has 2 aliphatic rings. The van der Waals surface area contributed by atoms with Crippen LogP contribution in [0.3, 0.4) is 0 Å². The van der Waals surface area contributed by atoms with Crippen LogP contribution in [0.5, 0.6) is 0 Å². The second-order valence-corrected chi connectivity index (χ2v) is 5.49. The van der Waals surface area contributed by atoms with Crippen LogP contribution in [0.1, 0.15) is 58.3 Å². The molecule has 0 spiro atoms. The van der Waals surface area contributed by atoms with Gasteiger partial charge in [-0.05, 0) is 45.1 Å². The molecule has 1 aliphatic heterocycles. The smallest absolute Gasteiger partial charge is 0.0496 e. The van der Waals surface area contributed by atoms with E-state index in [0.29, 0.717) is 12.1 Å². The maximum absolute atomic E-state index is 4.78. The van der Waals surface area contributed by atoms with Crippen molar-refractivity contribution >= 4 is 6.21 Å². The van der Waals surface area contributed by atoms with Crippen molar-refractivity contribution in [2.45, 2.75) is 70.4 Å². The highest BCUT2D eigenvalue weighted by molar-refractivity contribution is 5.64. The van der Waals surface area contributed by atoms with Crippen molar-refractivity contribution in [1.82, 2.24) is 5.32 Å². The minimum atomic E-state index is 0.545. The van der Waals surface area contributed by atoms with E-state index < -0.39 is 0 Å². The predicted octanol–water partition coefficient (Wildman–Crippen LogP) is 3.17. The maximum Gasteiger partial charge on any atom is 0.0496 e. The van der Waals surface area contributed by atoms with Crippen molar-refractivity contribution in [2.24, 2.45) is 10.9 Å². The summed E-state index contributed by atoms with van der Waals surface area (Å²) in [7, 11) is 0. The lowest BCUT2D eigenvalue weighted by Gasteiger charge is -2.26.